The zero-order chi connectivity index (χ0) is 11.1. The minimum atomic E-state index is 0.339. The summed E-state index contributed by atoms with van der Waals surface area (Å²) in [4.78, 5) is 3.59. The van der Waals surface area contributed by atoms with Crippen LogP contribution in [-0.4, -0.2) is 11.0 Å². The van der Waals surface area contributed by atoms with Crippen LogP contribution in [0.2, 0.25) is 0 Å². The topological polar surface area (TPSA) is 41.8 Å². The molecule has 2 aromatic rings. The van der Waals surface area contributed by atoms with Gasteiger partial charge in [0, 0.05) is 29.1 Å². The lowest BCUT2D eigenvalue weighted by Crippen LogP contribution is -2.27. The van der Waals surface area contributed by atoms with E-state index in [1.54, 1.807) is 0 Å². The Kier molecular flexibility index (Phi) is 2.25. The van der Waals surface area contributed by atoms with Gasteiger partial charge >= 0.3 is 0 Å². The fraction of sp³-hybridized carbons (Fsp3) is 0.429. The van der Waals surface area contributed by atoms with Gasteiger partial charge in [-0.2, -0.15) is 0 Å². The second-order valence-corrected chi connectivity index (χ2v) is 4.78. The number of nitrogens with two attached hydrogens (primary N) is 1. The van der Waals surface area contributed by atoms with Crippen molar-refractivity contribution in [3.8, 4) is 0 Å². The molecule has 0 radical (unpaired) electrons. The number of benzene rings is 1. The van der Waals surface area contributed by atoms with Crippen LogP contribution in [0.3, 0.4) is 0 Å². The molecule has 1 aromatic carbocycles. The van der Waals surface area contributed by atoms with E-state index in [-0.39, 0.29) is 0 Å². The first-order chi connectivity index (χ1) is 7.79. The van der Waals surface area contributed by atoms with E-state index in [0.29, 0.717) is 6.04 Å². The molecular weight excluding hydrogens is 196 g/mol. The SMILES string of the molecule is CCc1cccc2c3c([nH]c12)CC(N)CC3. The average Bonchev–Trinajstić information content (AvgIpc) is 2.65. The van der Waals surface area contributed by atoms with Crippen molar-refractivity contribution in [1.29, 1.82) is 0 Å². The number of aromatic amines is 1. The second-order valence-electron chi connectivity index (χ2n) is 4.78. The Hall–Kier alpha value is -1.28. The van der Waals surface area contributed by atoms with E-state index in [4.69, 9.17) is 5.73 Å². The van der Waals surface area contributed by atoms with Crippen LogP contribution >= 0.6 is 0 Å². The van der Waals surface area contributed by atoms with Crippen LogP contribution < -0.4 is 5.73 Å². The highest BCUT2D eigenvalue weighted by molar-refractivity contribution is 5.87. The molecular formula is C14H18N2. The number of nitrogens with one attached hydrogen (secondary N) is 1. The molecule has 1 unspecified atom stereocenters. The summed E-state index contributed by atoms with van der Waals surface area (Å²) < 4.78 is 0. The Morgan fingerprint density at radius 3 is 3.12 bits per heavy atom. The Balaban J connectivity index is 2.24. The lowest BCUT2D eigenvalue weighted by atomic mass is 9.92. The van der Waals surface area contributed by atoms with Gasteiger partial charge in [-0.3, -0.25) is 0 Å². The monoisotopic (exact) mass is 214 g/mol. The van der Waals surface area contributed by atoms with Gasteiger partial charge in [0.1, 0.15) is 0 Å². The molecule has 84 valence electrons. The van der Waals surface area contributed by atoms with Crippen LogP contribution in [-0.2, 0) is 19.3 Å². The third-order valence-corrected chi connectivity index (χ3v) is 3.73. The van der Waals surface area contributed by atoms with Crippen LogP contribution in [0, 0.1) is 0 Å². The molecule has 1 atom stereocenters. The van der Waals surface area contributed by atoms with Crippen molar-refractivity contribution < 1.29 is 0 Å². The van der Waals surface area contributed by atoms with E-state index in [0.717, 1.165) is 25.7 Å². The Morgan fingerprint density at radius 1 is 1.44 bits per heavy atom. The number of fused-ring (bicyclic) bond motifs is 3. The zero-order valence-electron chi connectivity index (χ0n) is 9.72. The van der Waals surface area contributed by atoms with Gasteiger partial charge in [0.15, 0.2) is 0 Å². The van der Waals surface area contributed by atoms with E-state index >= 15 is 0 Å². The summed E-state index contributed by atoms with van der Waals surface area (Å²) in [5.74, 6) is 0. The molecule has 0 saturated carbocycles. The van der Waals surface area contributed by atoms with Crippen molar-refractivity contribution in [1.82, 2.24) is 4.98 Å². The summed E-state index contributed by atoms with van der Waals surface area (Å²) in [6.07, 6.45) is 4.34. The highest BCUT2D eigenvalue weighted by Crippen LogP contribution is 2.30. The van der Waals surface area contributed by atoms with E-state index in [2.05, 4.69) is 30.1 Å². The molecule has 1 aliphatic carbocycles. The number of para-hydroxylation sites is 1. The Morgan fingerprint density at radius 2 is 2.31 bits per heavy atom. The van der Waals surface area contributed by atoms with Crippen LogP contribution in [0.25, 0.3) is 10.9 Å². The summed E-state index contributed by atoms with van der Waals surface area (Å²) in [7, 11) is 0. The third kappa shape index (κ3) is 1.37. The van der Waals surface area contributed by atoms with Gasteiger partial charge in [-0.1, -0.05) is 25.1 Å². The molecule has 16 heavy (non-hydrogen) atoms. The lowest BCUT2D eigenvalue weighted by Gasteiger charge is -2.17. The Bertz CT molecular complexity index is 525. The summed E-state index contributed by atoms with van der Waals surface area (Å²) in [6, 6.07) is 6.96. The van der Waals surface area contributed by atoms with Gasteiger partial charge in [-0.05, 0) is 30.4 Å². The second kappa shape index (κ2) is 3.63. The number of hydrogen-bond donors (Lipinski definition) is 2. The minimum absolute atomic E-state index is 0.339. The predicted octanol–water partition coefficient (Wildman–Crippen LogP) is 2.55. The smallest absolute Gasteiger partial charge is 0.0491 e. The number of H-pyrrole nitrogens is 1. The third-order valence-electron chi connectivity index (χ3n) is 3.73. The van der Waals surface area contributed by atoms with Gasteiger partial charge in [-0.25, -0.2) is 0 Å². The van der Waals surface area contributed by atoms with Crippen molar-refractivity contribution in [2.75, 3.05) is 0 Å². The fourth-order valence-corrected chi connectivity index (χ4v) is 2.84. The average molecular weight is 214 g/mol. The summed E-state index contributed by atoms with van der Waals surface area (Å²) in [5.41, 5.74) is 11.7. The molecule has 1 aliphatic rings. The summed E-state index contributed by atoms with van der Waals surface area (Å²) in [5, 5.41) is 1.42. The van der Waals surface area contributed by atoms with Crippen LogP contribution in [0.4, 0.5) is 0 Å². The zero-order valence-corrected chi connectivity index (χ0v) is 9.72. The number of rotatable bonds is 1. The van der Waals surface area contributed by atoms with Crippen molar-refractivity contribution in [3.63, 3.8) is 0 Å². The normalized spacial score (nSPS) is 20.0. The molecule has 0 fully saturated rings. The molecule has 2 heteroatoms. The molecule has 1 heterocycles. The largest absolute Gasteiger partial charge is 0.358 e. The van der Waals surface area contributed by atoms with E-state index in [9.17, 15) is 0 Å². The van der Waals surface area contributed by atoms with Gasteiger partial charge in [0.25, 0.3) is 0 Å². The van der Waals surface area contributed by atoms with Crippen LogP contribution in [0.5, 0.6) is 0 Å². The van der Waals surface area contributed by atoms with Gasteiger partial charge in [0.05, 0.1) is 0 Å². The van der Waals surface area contributed by atoms with Crippen molar-refractivity contribution in [2.45, 2.75) is 38.6 Å². The van der Waals surface area contributed by atoms with Crippen molar-refractivity contribution in [3.05, 3.63) is 35.0 Å². The molecule has 0 saturated heterocycles. The molecule has 1 aromatic heterocycles. The number of aromatic nitrogens is 1. The number of aryl methyl sites for hydroxylation is 2. The van der Waals surface area contributed by atoms with Gasteiger partial charge in [-0.15, -0.1) is 0 Å². The minimum Gasteiger partial charge on any atom is -0.358 e. The standard InChI is InChI=1S/C14H18N2/c1-2-9-4-3-5-12-11-7-6-10(15)8-13(11)16-14(9)12/h3-5,10,16H,2,6-8,15H2,1H3. The van der Waals surface area contributed by atoms with E-state index in [1.807, 2.05) is 0 Å². The van der Waals surface area contributed by atoms with Crippen LogP contribution in [0.1, 0.15) is 30.2 Å². The van der Waals surface area contributed by atoms with Gasteiger partial charge < -0.3 is 10.7 Å². The summed E-state index contributed by atoms with van der Waals surface area (Å²) >= 11 is 0. The first-order valence-corrected chi connectivity index (χ1v) is 6.16. The highest BCUT2D eigenvalue weighted by Gasteiger charge is 2.20. The maximum absolute atomic E-state index is 6.02. The van der Waals surface area contributed by atoms with E-state index in [1.165, 1.54) is 27.7 Å². The molecule has 0 aliphatic heterocycles. The Labute approximate surface area is 95.8 Å². The molecule has 0 bridgehead atoms. The highest BCUT2D eigenvalue weighted by atomic mass is 14.8. The van der Waals surface area contributed by atoms with Crippen molar-refractivity contribution >= 4 is 10.9 Å². The maximum Gasteiger partial charge on any atom is 0.0491 e. The van der Waals surface area contributed by atoms with Gasteiger partial charge in [0.2, 0.25) is 0 Å². The lowest BCUT2D eigenvalue weighted by molar-refractivity contribution is 0.572. The summed E-state index contributed by atoms with van der Waals surface area (Å²) in [6.45, 7) is 2.21. The molecule has 3 N–H and O–H groups in total. The van der Waals surface area contributed by atoms with Crippen LogP contribution in [0.15, 0.2) is 18.2 Å². The van der Waals surface area contributed by atoms with E-state index < -0.39 is 0 Å². The molecule has 0 spiro atoms. The molecule has 3 rings (SSSR count). The molecule has 2 nitrogen and oxygen atoms in total. The maximum atomic E-state index is 6.02. The van der Waals surface area contributed by atoms with Crippen molar-refractivity contribution in [2.24, 2.45) is 5.73 Å². The first kappa shape index (κ1) is 9.91. The molecule has 0 amide bonds. The fourth-order valence-electron chi connectivity index (χ4n) is 2.84. The first-order valence-electron chi connectivity index (χ1n) is 6.16. The number of hydrogen-bond acceptors (Lipinski definition) is 1. The predicted molar refractivity (Wildman–Crippen MR) is 67.7 cm³/mol. The quantitative estimate of drug-likeness (QED) is 0.752.